The number of nitrogens with one attached hydrogen (secondary N) is 1. The molecule has 1 aliphatic rings. The lowest BCUT2D eigenvalue weighted by atomic mass is 10.1. The van der Waals surface area contributed by atoms with Crippen molar-refractivity contribution in [3.8, 4) is 5.75 Å². The second-order valence-corrected chi connectivity index (χ2v) is 9.07. The molecule has 26 heavy (non-hydrogen) atoms. The lowest BCUT2D eigenvalue weighted by Crippen LogP contribution is -2.44. The summed E-state index contributed by atoms with van der Waals surface area (Å²) in [5.74, 6) is 0.178. The van der Waals surface area contributed by atoms with Crippen molar-refractivity contribution in [3.63, 3.8) is 0 Å². The summed E-state index contributed by atoms with van der Waals surface area (Å²) in [7, 11) is -3.63. The van der Waals surface area contributed by atoms with Crippen LogP contribution in [0.3, 0.4) is 0 Å². The predicted molar refractivity (Wildman–Crippen MR) is 104 cm³/mol. The second kappa shape index (κ2) is 9.26. The Bertz CT molecular complexity index is 695. The van der Waals surface area contributed by atoms with E-state index in [0.717, 1.165) is 36.2 Å². The largest absolute Gasteiger partial charge is 0.489 e. The van der Waals surface area contributed by atoms with Crippen LogP contribution in [0.4, 0.5) is 5.69 Å². The minimum absolute atomic E-state index is 0.0997. The first kappa shape index (κ1) is 20.6. The van der Waals surface area contributed by atoms with E-state index in [-0.39, 0.29) is 24.6 Å². The van der Waals surface area contributed by atoms with Crippen LogP contribution in [-0.4, -0.2) is 39.3 Å². The van der Waals surface area contributed by atoms with Gasteiger partial charge in [-0.15, -0.1) is 0 Å². The number of hydrogen-bond donors (Lipinski definition) is 1. The van der Waals surface area contributed by atoms with Gasteiger partial charge in [0.2, 0.25) is 15.9 Å². The minimum Gasteiger partial charge on any atom is -0.489 e. The maximum Gasteiger partial charge on any atom is 0.240 e. The van der Waals surface area contributed by atoms with Crippen molar-refractivity contribution < 1.29 is 17.9 Å². The third-order valence-corrected chi connectivity index (χ3v) is 5.53. The molecule has 1 aromatic carbocycles. The molecule has 0 radical (unpaired) electrons. The van der Waals surface area contributed by atoms with E-state index in [9.17, 15) is 13.2 Å². The van der Waals surface area contributed by atoms with Gasteiger partial charge in [-0.05, 0) is 38.8 Å². The molecule has 1 amide bonds. The maximum absolute atomic E-state index is 12.5. The third kappa shape index (κ3) is 6.20. The fourth-order valence-corrected chi connectivity index (χ4v) is 4.09. The van der Waals surface area contributed by atoms with Crippen molar-refractivity contribution in [2.75, 3.05) is 17.1 Å². The standard InChI is InChI=1S/C19H30N2O4S/c1-15(2)25-18-13-9-8-12-17(18)21(26(3,23)24)14-19(22)20-16-10-6-4-5-7-11-16/h8-9,12-13,15-16H,4-7,10-11,14H2,1-3H3,(H,20,22). The molecule has 1 N–H and O–H groups in total. The monoisotopic (exact) mass is 382 g/mol. The maximum atomic E-state index is 12.5. The second-order valence-electron chi connectivity index (χ2n) is 7.16. The number of anilines is 1. The molecule has 0 aromatic heterocycles. The lowest BCUT2D eigenvalue weighted by molar-refractivity contribution is -0.120. The van der Waals surface area contributed by atoms with Crippen LogP contribution in [-0.2, 0) is 14.8 Å². The number of benzene rings is 1. The molecule has 0 unspecified atom stereocenters. The third-order valence-electron chi connectivity index (χ3n) is 4.40. The van der Waals surface area contributed by atoms with E-state index in [0.29, 0.717) is 11.4 Å². The Morgan fingerprint density at radius 3 is 2.38 bits per heavy atom. The van der Waals surface area contributed by atoms with Crippen molar-refractivity contribution in [2.45, 2.75) is 64.5 Å². The molecule has 0 bridgehead atoms. The van der Waals surface area contributed by atoms with Crippen LogP contribution in [0, 0.1) is 0 Å². The Hall–Kier alpha value is -1.76. The summed E-state index contributed by atoms with van der Waals surface area (Å²) in [6.45, 7) is 3.51. The number of carbonyl (C=O) groups excluding carboxylic acids is 1. The van der Waals surface area contributed by atoms with Crippen molar-refractivity contribution in [1.29, 1.82) is 0 Å². The predicted octanol–water partition coefficient (Wildman–Crippen LogP) is 3.08. The highest BCUT2D eigenvalue weighted by Crippen LogP contribution is 2.30. The molecule has 6 nitrogen and oxygen atoms in total. The van der Waals surface area contributed by atoms with E-state index in [1.807, 2.05) is 13.8 Å². The van der Waals surface area contributed by atoms with E-state index < -0.39 is 10.0 Å². The summed E-state index contributed by atoms with van der Waals surface area (Å²) < 4.78 is 31.5. The highest BCUT2D eigenvalue weighted by atomic mass is 32.2. The molecule has 1 fully saturated rings. The Morgan fingerprint density at radius 1 is 1.19 bits per heavy atom. The Kier molecular flexibility index (Phi) is 7.32. The average molecular weight is 383 g/mol. The van der Waals surface area contributed by atoms with Crippen LogP contribution in [0.15, 0.2) is 24.3 Å². The fourth-order valence-electron chi connectivity index (χ4n) is 3.23. The van der Waals surface area contributed by atoms with Gasteiger partial charge in [-0.3, -0.25) is 9.10 Å². The summed E-state index contributed by atoms with van der Waals surface area (Å²) in [6.07, 6.45) is 7.52. The van der Waals surface area contributed by atoms with Crippen molar-refractivity contribution in [1.82, 2.24) is 5.32 Å². The first-order chi connectivity index (χ1) is 12.3. The molecule has 1 saturated carbocycles. The summed E-state index contributed by atoms with van der Waals surface area (Å²) in [5, 5.41) is 3.01. The van der Waals surface area contributed by atoms with Crippen LogP contribution in [0.2, 0.25) is 0 Å². The van der Waals surface area contributed by atoms with Gasteiger partial charge < -0.3 is 10.1 Å². The Morgan fingerprint density at radius 2 is 1.81 bits per heavy atom. The summed E-state index contributed by atoms with van der Waals surface area (Å²) in [5.41, 5.74) is 0.389. The van der Waals surface area contributed by atoms with Gasteiger partial charge in [0.1, 0.15) is 12.3 Å². The topological polar surface area (TPSA) is 75.7 Å². The number of carbonyl (C=O) groups is 1. The van der Waals surface area contributed by atoms with Crippen LogP contribution in [0.1, 0.15) is 52.4 Å². The van der Waals surface area contributed by atoms with Gasteiger partial charge in [0.25, 0.3) is 0 Å². The molecule has 0 heterocycles. The zero-order valence-electron chi connectivity index (χ0n) is 15.9. The van der Waals surface area contributed by atoms with E-state index in [1.165, 1.54) is 12.8 Å². The SMILES string of the molecule is CC(C)Oc1ccccc1N(CC(=O)NC1CCCCCC1)S(C)(=O)=O. The van der Waals surface area contributed by atoms with Crippen molar-refractivity contribution >= 4 is 21.6 Å². The van der Waals surface area contributed by atoms with Gasteiger partial charge in [0, 0.05) is 6.04 Å². The molecular weight excluding hydrogens is 352 g/mol. The summed E-state index contributed by atoms with van der Waals surface area (Å²) in [4.78, 5) is 12.5. The van der Waals surface area contributed by atoms with Crippen molar-refractivity contribution in [2.24, 2.45) is 0 Å². The number of rotatable bonds is 7. The lowest BCUT2D eigenvalue weighted by Gasteiger charge is -2.26. The van der Waals surface area contributed by atoms with Gasteiger partial charge in [0.15, 0.2) is 0 Å². The first-order valence-corrected chi connectivity index (χ1v) is 11.1. The van der Waals surface area contributed by atoms with E-state index in [4.69, 9.17) is 4.74 Å². The van der Waals surface area contributed by atoms with Gasteiger partial charge in [-0.2, -0.15) is 0 Å². The number of nitrogens with zero attached hydrogens (tertiary/aromatic N) is 1. The molecule has 0 spiro atoms. The first-order valence-electron chi connectivity index (χ1n) is 9.30. The van der Waals surface area contributed by atoms with Crippen LogP contribution < -0.4 is 14.4 Å². The zero-order valence-corrected chi connectivity index (χ0v) is 16.7. The smallest absolute Gasteiger partial charge is 0.240 e. The van der Waals surface area contributed by atoms with Gasteiger partial charge in [-0.1, -0.05) is 37.8 Å². The van der Waals surface area contributed by atoms with Crippen LogP contribution in [0.5, 0.6) is 5.75 Å². The molecule has 146 valence electrons. The zero-order chi connectivity index (χ0) is 19.2. The number of para-hydroxylation sites is 2. The average Bonchev–Trinajstić information content (AvgIpc) is 2.80. The Balaban J connectivity index is 2.17. The number of hydrogen-bond acceptors (Lipinski definition) is 4. The van der Waals surface area contributed by atoms with Gasteiger partial charge >= 0.3 is 0 Å². The number of ether oxygens (including phenoxy) is 1. The number of sulfonamides is 1. The quantitative estimate of drug-likeness (QED) is 0.735. The van der Waals surface area contributed by atoms with Crippen LogP contribution in [0.25, 0.3) is 0 Å². The highest BCUT2D eigenvalue weighted by Gasteiger charge is 2.25. The fraction of sp³-hybridized carbons (Fsp3) is 0.632. The molecule has 0 saturated heterocycles. The Labute approximate surface area is 157 Å². The van der Waals surface area contributed by atoms with E-state index >= 15 is 0 Å². The van der Waals surface area contributed by atoms with E-state index in [1.54, 1.807) is 24.3 Å². The van der Waals surface area contributed by atoms with Crippen LogP contribution >= 0.6 is 0 Å². The molecule has 2 rings (SSSR count). The molecule has 0 atom stereocenters. The number of amides is 1. The molecule has 0 aliphatic heterocycles. The molecule has 1 aliphatic carbocycles. The normalized spacial score (nSPS) is 16.2. The summed E-state index contributed by atoms with van der Waals surface area (Å²) in [6, 6.07) is 7.04. The van der Waals surface area contributed by atoms with Gasteiger partial charge in [-0.25, -0.2) is 8.42 Å². The molecular formula is C19H30N2O4S. The molecule has 1 aromatic rings. The van der Waals surface area contributed by atoms with E-state index in [2.05, 4.69) is 5.32 Å². The minimum atomic E-state index is -3.63. The summed E-state index contributed by atoms with van der Waals surface area (Å²) >= 11 is 0. The van der Waals surface area contributed by atoms with Gasteiger partial charge in [0.05, 0.1) is 18.0 Å². The van der Waals surface area contributed by atoms with Crippen molar-refractivity contribution in [3.05, 3.63) is 24.3 Å². The highest BCUT2D eigenvalue weighted by molar-refractivity contribution is 7.92. The molecule has 7 heteroatoms.